The van der Waals surface area contributed by atoms with Gasteiger partial charge in [-0.2, -0.15) is 0 Å². The van der Waals surface area contributed by atoms with Gasteiger partial charge >= 0.3 is 0 Å². The second-order valence-corrected chi connectivity index (χ2v) is 10.0. The summed E-state index contributed by atoms with van der Waals surface area (Å²) in [6.45, 7) is 2.53. The molecule has 3 rings (SSSR count). The average Bonchev–Trinajstić information content (AvgIpc) is 3.52. The van der Waals surface area contributed by atoms with Crippen molar-refractivity contribution in [3.8, 4) is 5.75 Å². The van der Waals surface area contributed by atoms with Crippen molar-refractivity contribution in [2.24, 2.45) is 11.8 Å². The maximum atomic E-state index is 12.4. The first-order valence-electron chi connectivity index (χ1n) is 10.5. The number of rotatable bonds is 11. The monoisotopic (exact) mass is 434 g/mol. The van der Waals surface area contributed by atoms with Crippen LogP contribution in [0.25, 0.3) is 0 Å². The van der Waals surface area contributed by atoms with E-state index in [1.54, 1.807) is 6.08 Å². The van der Waals surface area contributed by atoms with E-state index in [1.807, 2.05) is 37.3 Å². The van der Waals surface area contributed by atoms with Crippen LogP contribution in [0.1, 0.15) is 57.1 Å². The van der Waals surface area contributed by atoms with Crippen molar-refractivity contribution in [3.63, 3.8) is 0 Å². The number of imide groups is 1. The molecule has 1 saturated carbocycles. The smallest absolute Gasteiger partial charge is 0.229 e. The molecule has 1 aliphatic carbocycles. The molecule has 0 spiro atoms. The molecular formula is C22H30N2O5S. The van der Waals surface area contributed by atoms with Crippen molar-refractivity contribution in [1.82, 2.24) is 10.0 Å². The van der Waals surface area contributed by atoms with Gasteiger partial charge in [-0.25, -0.2) is 13.1 Å². The van der Waals surface area contributed by atoms with E-state index in [0.29, 0.717) is 38.2 Å². The predicted molar refractivity (Wildman–Crippen MR) is 114 cm³/mol. The second-order valence-electron chi connectivity index (χ2n) is 8.13. The highest BCUT2D eigenvalue weighted by Gasteiger charge is 2.25. The van der Waals surface area contributed by atoms with Gasteiger partial charge in [-0.3, -0.25) is 14.9 Å². The molecule has 7 nitrogen and oxygen atoms in total. The summed E-state index contributed by atoms with van der Waals surface area (Å²) in [6, 6.07) is 7.18. The summed E-state index contributed by atoms with van der Waals surface area (Å²) >= 11 is 0. The van der Waals surface area contributed by atoms with Gasteiger partial charge in [0, 0.05) is 18.4 Å². The molecule has 2 unspecified atom stereocenters. The Morgan fingerprint density at radius 1 is 1.23 bits per heavy atom. The van der Waals surface area contributed by atoms with Gasteiger partial charge in [0.05, 0.1) is 12.4 Å². The molecule has 2 amide bonds. The molecule has 2 fully saturated rings. The summed E-state index contributed by atoms with van der Waals surface area (Å²) < 4.78 is 33.3. The largest absolute Gasteiger partial charge is 0.493 e. The molecule has 2 aliphatic rings. The van der Waals surface area contributed by atoms with E-state index in [1.165, 1.54) is 12.8 Å². The predicted octanol–water partition coefficient (Wildman–Crippen LogP) is 2.85. The molecule has 1 aromatic rings. The van der Waals surface area contributed by atoms with Crippen molar-refractivity contribution in [2.45, 2.75) is 51.5 Å². The SMILES string of the molecule is CC(NS(=O)(=O)CCC=CCC1CCC(=O)NC1=O)c1cccc(OCC2CC2)c1. The molecule has 2 N–H and O–H groups in total. The minimum Gasteiger partial charge on any atom is -0.493 e. The maximum Gasteiger partial charge on any atom is 0.229 e. The van der Waals surface area contributed by atoms with E-state index in [4.69, 9.17) is 4.74 Å². The van der Waals surface area contributed by atoms with Gasteiger partial charge in [0.15, 0.2) is 0 Å². The second kappa shape index (κ2) is 10.2. The number of sulfonamides is 1. The summed E-state index contributed by atoms with van der Waals surface area (Å²) in [5, 5.41) is 2.33. The lowest BCUT2D eigenvalue weighted by atomic mass is 9.95. The number of benzene rings is 1. The van der Waals surface area contributed by atoms with Crippen LogP contribution in [0.4, 0.5) is 0 Å². The zero-order chi connectivity index (χ0) is 21.6. The minimum absolute atomic E-state index is 0.0267. The minimum atomic E-state index is -3.45. The summed E-state index contributed by atoms with van der Waals surface area (Å²) in [6.07, 6.45) is 7.80. The van der Waals surface area contributed by atoms with Crippen molar-refractivity contribution >= 4 is 21.8 Å². The van der Waals surface area contributed by atoms with Gasteiger partial charge in [-0.05, 0) is 62.6 Å². The van der Waals surface area contributed by atoms with Crippen LogP contribution in [0.5, 0.6) is 5.75 Å². The highest BCUT2D eigenvalue weighted by Crippen LogP contribution is 2.30. The summed E-state index contributed by atoms with van der Waals surface area (Å²) in [5.41, 5.74) is 0.861. The van der Waals surface area contributed by atoms with E-state index >= 15 is 0 Å². The average molecular weight is 435 g/mol. The number of piperidine rings is 1. The Balaban J connectivity index is 1.42. The molecule has 8 heteroatoms. The fourth-order valence-corrected chi connectivity index (χ4v) is 4.57. The molecule has 30 heavy (non-hydrogen) atoms. The van der Waals surface area contributed by atoms with Crippen LogP contribution in [-0.2, 0) is 19.6 Å². The zero-order valence-corrected chi connectivity index (χ0v) is 18.1. The molecule has 1 heterocycles. The number of amides is 2. The number of ether oxygens (including phenoxy) is 1. The fourth-order valence-electron chi connectivity index (χ4n) is 3.33. The van der Waals surface area contributed by atoms with E-state index in [2.05, 4.69) is 10.0 Å². The van der Waals surface area contributed by atoms with Gasteiger partial charge in [-0.1, -0.05) is 24.3 Å². The highest BCUT2D eigenvalue weighted by atomic mass is 32.2. The Kier molecular flexibility index (Phi) is 7.66. The summed E-state index contributed by atoms with van der Waals surface area (Å²) in [4.78, 5) is 22.9. The molecule has 164 valence electrons. The molecule has 1 saturated heterocycles. The number of hydrogen-bond acceptors (Lipinski definition) is 5. The number of carbonyl (C=O) groups excluding carboxylic acids is 2. The molecule has 1 aromatic carbocycles. The van der Waals surface area contributed by atoms with Crippen LogP contribution in [0.15, 0.2) is 36.4 Å². The molecule has 0 radical (unpaired) electrons. The van der Waals surface area contributed by atoms with Gasteiger partial charge in [-0.15, -0.1) is 0 Å². The molecule has 0 bridgehead atoms. The highest BCUT2D eigenvalue weighted by molar-refractivity contribution is 7.89. The van der Waals surface area contributed by atoms with Crippen LogP contribution < -0.4 is 14.8 Å². The Bertz CT molecular complexity index is 893. The number of nitrogens with one attached hydrogen (secondary N) is 2. The van der Waals surface area contributed by atoms with E-state index < -0.39 is 10.0 Å². The standard InChI is InChI=1S/C22H30N2O5S/c1-16(19-7-5-8-20(14-19)29-15-17-9-10-17)24-30(27,28)13-4-2-3-6-18-11-12-21(25)23-22(18)26/h2-3,5,7-8,14,16-18,24H,4,6,9-13,15H2,1H3,(H,23,25,26). The Hall–Kier alpha value is -2.19. The Morgan fingerprint density at radius 3 is 2.77 bits per heavy atom. The van der Waals surface area contributed by atoms with Crippen molar-refractivity contribution in [1.29, 1.82) is 0 Å². The molecular weight excluding hydrogens is 404 g/mol. The number of carbonyl (C=O) groups is 2. The van der Waals surface area contributed by atoms with E-state index in [-0.39, 0.29) is 29.5 Å². The lowest BCUT2D eigenvalue weighted by molar-refractivity contribution is -0.136. The quantitative estimate of drug-likeness (QED) is 0.412. The van der Waals surface area contributed by atoms with Gasteiger partial charge < -0.3 is 4.74 Å². The van der Waals surface area contributed by atoms with Gasteiger partial charge in [0.25, 0.3) is 0 Å². The lowest BCUT2D eigenvalue weighted by Gasteiger charge is -2.19. The number of hydrogen-bond donors (Lipinski definition) is 2. The molecule has 1 aliphatic heterocycles. The third-order valence-corrected chi connectivity index (χ3v) is 6.88. The van der Waals surface area contributed by atoms with Crippen LogP contribution in [-0.4, -0.2) is 32.6 Å². The van der Waals surface area contributed by atoms with Crippen LogP contribution in [0.2, 0.25) is 0 Å². The molecule has 0 aromatic heterocycles. The van der Waals surface area contributed by atoms with Gasteiger partial charge in [0.1, 0.15) is 5.75 Å². The fraction of sp³-hybridized carbons (Fsp3) is 0.545. The van der Waals surface area contributed by atoms with Crippen molar-refractivity contribution in [3.05, 3.63) is 42.0 Å². The zero-order valence-electron chi connectivity index (χ0n) is 17.3. The van der Waals surface area contributed by atoms with Crippen LogP contribution in [0, 0.1) is 11.8 Å². The van der Waals surface area contributed by atoms with E-state index in [0.717, 1.165) is 11.3 Å². The first kappa shape index (κ1) is 22.5. The van der Waals surface area contributed by atoms with Crippen LogP contribution in [0.3, 0.4) is 0 Å². The normalized spacial score (nSPS) is 20.9. The summed E-state index contributed by atoms with van der Waals surface area (Å²) in [5.74, 6) is 0.701. The van der Waals surface area contributed by atoms with Gasteiger partial charge in [0.2, 0.25) is 21.8 Å². The van der Waals surface area contributed by atoms with Crippen LogP contribution >= 0.6 is 0 Å². The number of allylic oxidation sites excluding steroid dienone is 2. The van der Waals surface area contributed by atoms with E-state index in [9.17, 15) is 18.0 Å². The first-order valence-corrected chi connectivity index (χ1v) is 12.2. The summed E-state index contributed by atoms with van der Waals surface area (Å²) in [7, 11) is -3.45. The third-order valence-electron chi connectivity index (χ3n) is 5.39. The topological polar surface area (TPSA) is 102 Å². The Morgan fingerprint density at radius 2 is 2.03 bits per heavy atom. The molecule has 2 atom stereocenters. The Labute approximate surface area is 178 Å². The van der Waals surface area contributed by atoms with Crippen molar-refractivity contribution in [2.75, 3.05) is 12.4 Å². The lowest BCUT2D eigenvalue weighted by Crippen LogP contribution is -2.40. The first-order chi connectivity index (χ1) is 14.3. The third kappa shape index (κ3) is 7.25. The van der Waals surface area contributed by atoms with Crippen molar-refractivity contribution < 1.29 is 22.7 Å². The maximum absolute atomic E-state index is 12.4.